The van der Waals surface area contributed by atoms with Crippen molar-refractivity contribution in [3.8, 4) is 0 Å². The number of rotatable bonds is 8. The summed E-state index contributed by atoms with van der Waals surface area (Å²) in [4.78, 5) is 12.3. The van der Waals surface area contributed by atoms with Gasteiger partial charge in [0, 0.05) is 21.7 Å². The summed E-state index contributed by atoms with van der Waals surface area (Å²) in [6.07, 6.45) is 2.86. The van der Waals surface area contributed by atoms with E-state index in [1.807, 2.05) is 13.8 Å². The van der Waals surface area contributed by atoms with Gasteiger partial charge in [0.2, 0.25) is 10.0 Å². The predicted octanol–water partition coefficient (Wildman–Crippen LogP) is 4.88. The molecule has 0 heterocycles. The first-order valence-corrected chi connectivity index (χ1v) is 11.6. The van der Waals surface area contributed by atoms with Crippen LogP contribution in [0.1, 0.15) is 42.6 Å². The van der Waals surface area contributed by atoms with Gasteiger partial charge in [-0.1, -0.05) is 49.2 Å². The van der Waals surface area contributed by atoms with E-state index >= 15 is 0 Å². The third-order valence-corrected chi connectivity index (χ3v) is 5.98. The van der Waals surface area contributed by atoms with E-state index in [0.29, 0.717) is 21.3 Å². The van der Waals surface area contributed by atoms with E-state index in [9.17, 15) is 13.2 Å². The third kappa shape index (κ3) is 6.12. The molecule has 152 valence electrons. The molecule has 28 heavy (non-hydrogen) atoms. The number of hydrogen-bond donors (Lipinski definition) is 1. The lowest BCUT2D eigenvalue weighted by Crippen LogP contribution is -2.33. The number of amides is 1. The van der Waals surface area contributed by atoms with Crippen molar-refractivity contribution in [2.24, 2.45) is 0 Å². The summed E-state index contributed by atoms with van der Waals surface area (Å²) >= 11 is 12.0. The Kier molecular flexibility index (Phi) is 7.75. The second kappa shape index (κ2) is 9.63. The van der Waals surface area contributed by atoms with Gasteiger partial charge in [-0.2, -0.15) is 0 Å². The molecule has 0 aliphatic carbocycles. The molecule has 2 rings (SSSR count). The van der Waals surface area contributed by atoms with Crippen molar-refractivity contribution in [2.45, 2.75) is 39.3 Å². The highest BCUT2D eigenvalue weighted by Crippen LogP contribution is 2.28. The molecule has 0 unspecified atom stereocenters. The molecule has 0 saturated heterocycles. The molecule has 2 aromatic rings. The van der Waals surface area contributed by atoms with Crippen molar-refractivity contribution >= 4 is 44.8 Å². The highest BCUT2D eigenvalue weighted by atomic mass is 35.5. The molecule has 0 bridgehead atoms. The van der Waals surface area contributed by atoms with E-state index in [0.717, 1.165) is 24.7 Å². The summed E-state index contributed by atoms with van der Waals surface area (Å²) in [7, 11) is -3.56. The fraction of sp³-hybridized carbons (Fsp3) is 0.350. The van der Waals surface area contributed by atoms with Gasteiger partial charge in [-0.05, 0) is 48.7 Å². The fourth-order valence-corrected chi connectivity index (χ4v) is 4.16. The van der Waals surface area contributed by atoms with Gasteiger partial charge in [0.15, 0.2) is 0 Å². The number of nitrogens with zero attached hydrogens (tertiary/aromatic N) is 1. The highest BCUT2D eigenvalue weighted by molar-refractivity contribution is 7.92. The smallest absolute Gasteiger partial charge is 0.251 e. The first kappa shape index (κ1) is 22.5. The van der Waals surface area contributed by atoms with Crippen LogP contribution in [0.2, 0.25) is 10.0 Å². The van der Waals surface area contributed by atoms with Crippen molar-refractivity contribution in [1.82, 2.24) is 5.32 Å². The zero-order chi connectivity index (χ0) is 20.9. The number of carbonyl (C=O) groups excluding carboxylic acids is 1. The van der Waals surface area contributed by atoms with Crippen LogP contribution in [0.15, 0.2) is 42.5 Å². The topological polar surface area (TPSA) is 66.5 Å². The van der Waals surface area contributed by atoms with Crippen LogP contribution in [0.3, 0.4) is 0 Å². The Balaban J connectivity index is 2.23. The fourth-order valence-electron chi connectivity index (χ4n) is 2.77. The van der Waals surface area contributed by atoms with Gasteiger partial charge in [-0.25, -0.2) is 8.42 Å². The molecule has 0 aliphatic rings. The Hall–Kier alpha value is -1.76. The Morgan fingerprint density at radius 3 is 2.04 bits per heavy atom. The monoisotopic (exact) mass is 442 g/mol. The summed E-state index contributed by atoms with van der Waals surface area (Å²) < 4.78 is 25.8. The van der Waals surface area contributed by atoms with Gasteiger partial charge in [0.1, 0.15) is 0 Å². The van der Waals surface area contributed by atoms with Crippen LogP contribution in [0, 0.1) is 0 Å². The van der Waals surface area contributed by atoms with Gasteiger partial charge in [0.25, 0.3) is 5.91 Å². The van der Waals surface area contributed by atoms with Crippen LogP contribution in [-0.2, 0) is 16.6 Å². The number of carbonyl (C=O) groups is 1. The average molecular weight is 443 g/mol. The molecule has 0 aromatic heterocycles. The molecule has 0 radical (unpaired) electrons. The highest BCUT2D eigenvalue weighted by Gasteiger charge is 2.19. The van der Waals surface area contributed by atoms with Gasteiger partial charge in [0.05, 0.1) is 18.5 Å². The molecule has 0 aliphatic heterocycles. The van der Waals surface area contributed by atoms with Crippen LogP contribution in [0.5, 0.6) is 0 Å². The molecule has 1 N–H and O–H groups in total. The van der Waals surface area contributed by atoms with E-state index in [1.165, 1.54) is 4.31 Å². The number of hydrogen-bond acceptors (Lipinski definition) is 3. The Morgan fingerprint density at radius 2 is 1.57 bits per heavy atom. The van der Waals surface area contributed by atoms with E-state index in [2.05, 4.69) is 5.32 Å². The standard InChI is InChI=1S/C20H24Cl2N2O3S/c1-4-18(5-2)23-20(25)15-8-6-14(7-9-15)13-24(28(3,26)27)19-11-16(21)10-17(22)12-19/h6-12,18H,4-5,13H2,1-3H3,(H,23,25). The van der Waals surface area contributed by atoms with Crippen LogP contribution in [0.25, 0.3) is 0 Å². The van der Waals surface area contributed by atoms with Crippen molar-refractivity contribution in [1.29, 1.82) is 0 Å². The van der Waals surface area contributed by atoms with Gasteiger partial charge >= 0.3 is 0 Å². The summed E-state index contributed by atoms with van der Waals surface area (Å²) in [5, 5.41) is 3.68. The number of benzene rings is 2. The average Bonchev–Trinajstić information content (AvgIpc) is 2.62. The molecule has 1 amide bonds. The Morgan fingerprint density at radius 1 is 1.04 bits per heavy atom. The largest absolute Gasteiger partial charge is 0.349 e. The van der Waals surface area contributed by atoms with Crippen molar-refractivity contribution in [3.63, 3.8) is 0 Å². The molecule has 0 spiro atoms. The lowest BCUT2D eigenvalue weighted by molar-refractivity contribution is 0.0935. The number of sulfonamides is 1. The maximum absolute atomic E-state index is 12.3. The van der Waals surface area contributed by atoms with Crippen LogP contribution in [-0.4, -0.2) is 26.6 Å². The van der Waals surface area contributed by atoms with Crippen molar-refractivity contribution in [3.05, 3.63) is 63.6 Å². The number of halogens is 2. The molecular formula is C20H24Cl2N2O3S. The van der Waals surface area contributed by atoms with Crippen LogP contribution < -0.4 is 9.62 Å². The minimum absolute atomic E-state index is 0.101. The zero-order valence-electron chi connectivity index (χ0n) is 16.1. The quantitative estimate of drug-likeness (QED) is 0.633. The molecular weight excluding hydrogens is 419 g/mol. The molecule has 0 fully saturated rings. The first-order valence-electron chi connectivity index (χ1n) is 8.97. The van der Waals surface area contributed by atoms with Crippen molar-refractivity contribution in [2.75, 3.05) is 10.6 Å². The lowest BCUT2D eigenvalue weighted by atomic mass is 10.1. The molecule has 2 aromatic carbocycles. The van der Waals surface area contributed by atoms with Crippen molar-refractivity contribution < 1.29 is 13.2 Å². The van der Waals surface area contributed by atoms with Crippen LogP contribution in [0.4, 0.5) is 5.69 Å². The summed E-state index contributed by atoms with van der Waals surface area (Å²) in [6.45, 7) is 4.16. The maximum atomic E-state index is 12.3. The Labute approximate surface area is 176 Å². The molecule has 0 atom stereocenters. The molecule has 8 heteroatoms. The zero-order valence-corrected chi connectivity index (χ0v) is 18.4. The van der Waals surface area contributed by atoms with Gasteiger partial charge in [-0.15, -0.1) is 0 Å². The van der Waals surface area contributed by atoms with Gasteiger partial charge < -0.3 is 5.32 Å². The van der Waals surface area contributed by atoms with Gasteiger partial charge in [-0.3, -0.25) is 9.10 Å². The minimum Gasteiger partial charge on any atom is -0.349 e. The Bertz CT molecular complexity index is 907. The third-order valence-electron chi connectivity index (χ3n) is 4.40. The van der Waals surface area contributed by atoms with E-state index in [4.69, 9.17) is 23.2 Å². The minimum atomic E-state index is -3.56. The van der Waals surface area contributed by atoms with E-state index in [-0.39, 0.29) is 18.5 Å². The maximum Gasteiger partial charge on any atom is 0.251 e. The summed E-state index contributed by atoms with van der Waals surface area (Å²) in [5.74, 6) is -0.137. The number of anilines is 1. The first-order chi connectivity index (χ1) is 13.1. The van der Waals surface area contributed by atoms with E-state index < -0.39 is 10.0 Å². The summed E-state index contributed by atoms with van der Waals surface area (Å²) in [6, 6.07) is 11.6. The second-order valence-electron chi connectivity index (χ2n) is 6.58. The van der Waals surface area contributed by atoms with E-state index in [1.54, 1.807) is 42.5 Å². The molecule has 0 saturated carbocycles. The normalized spacial score (nSPS) is 11.5. The predicted molar refractivity (Wildman–Crippen MR) is 116 cm³/mol. The lowest BCUT2D eigenvalue weighted by Gasteiger charge is -2.23. The van der Waals surface area contributed by atoms with Crippen LogP contribution >= 0.6 is 23.2 Å². The second-order valence-corrected chi connectivity index (χ2v) is 9.36. The SMILES string of the molecule is CCC(CC)NC(=O)c1ccc(CN(c2cc(Cl)cc(Cl)c2)S(C)(=O)=O)cc1. The number of nitrogens with one attached hydrogen (secondary N) is 1. The summed E-state index contributed by atoms with van der Waals surface area (Å²) in [5.41, 5.74) is 1.66. The molecule has 5 nitrogen and oxygen atoms in total.